The molecule has 1 aromatic carbocycles. The molecule has 5 rings (SSSR count). The monoisotopic (exact) mass is 418 g/mol. The van der Waals surface area contributed by atoms with Gasteiger partial charge in [-0.15, -0.1) is 0 Å². The molecule has 3 aliphatic rings. The van der Waals surface area contributed by atoms with E-state index in [-0.39, 0.29) is 23.8 Å². The Morgan fingerprint density at radius 1 is 1.10 bits per heavy atom. The van der Waals surface area contributed by atoms with Crippen LogP contribution in [0, 0.1) is 0 Å². The highest BCUT2D eigenvalue weighted by Crippen LogP contribution is 2.48. The number of hydrogen-bond acceptors (Lipinski definition) is 4. The molecule has 1 aromatic heterocycles. The second-order valence-electron chi connectivity index (χ2n) is 9.43. The van der Waals surface area contributed by atoms with Crippen LogP contribution in [0.5, 0.6) is 0 Å². The van der Waals surface area contributed by atoms with E-state index < -0.39 is 5.54 Å². The van der Waals surface area contributed by atoms with Crippen molar-refractivity contribution in [2.75, 3.05) is 26.2 Å². The Labute approximate surface area is 183 Å². The summed E-state index contributed by atoms with van der Waals surface area (Å²) in [6.07, 6.45) is 5.75. The molecule has 0 radical (unpaired) electrons. The van der Waals surface area contributed by atoms with E-state index in [0.717, 1.165) is 38.0 Å². The number of carbonyl (C=O) groups excluding carboxylic acids is 2. The topological polar surface area (TPSA) is 56.8 Å². The summed E-state index contributed by atoms with van der Waals surface area (Å²) in [5, 5.41) is 0. The third-order valence-electron chi connectivity index (χ3n) is 7.07. The van der Waals surface area contributed by atoms with E-state index in [9.17, 15) is 9.59 Å². The van der Waals surface area contributed by atoms with E-state index in [4.69, 9.17) is 0 Å². The molecule has 0 N–H and O–H groups in total. The molecule has 6 nitrogen and oxygen atoms in total. The van der Waals surface area contributed by atoms with Crippen LogP contribution in [0.2, 0.25) is 0 Å². The van der Waals surface area contributed by atoms with Gasteiger partial charge in [0.05, 0.1) is 11.5 Å². The van der Waals surface area contributed by atoms with Gasteiger partial charge in [-0.1, -0.05) is 18.2 Å². The number of hydrogen-bond donors (Lipinski definition) is 0. The molecule has 0 aliphatic carbocycles. The van der Waals surface area contributed by atoms with Crippen molar-refractivity contribution in [1.82, 2.24) is 19.7 Å². The first-order valence-electron chi connectivity index (χ1n) is 11.3. The zero-order chi connectivity index (χ0) is 21.6. The summed E-state index contributed by atoms with van der Waals surface area (Å²) in [5.74, 6) is -0.0677. The molecule has 162 valence electrons. The summed E-state index contributed by atoms with van der Waals surface area (Å²) < 4.78 is 0. The maximum absolute atomic E-state index is 13.9. The number of rotatable bonds is 4. The molecule has 0 bridgehead atoms. The molecule has 1 unspecified atom stereocenters. The third-order valence-corrected chi connectivity index (χ3v) is 7.07. The Balaban J connectivity index is 1.54. The zero-order valence-corrected chi connectivity index (χ0v) is 18.3. The van der Waals surface area contributed by atoms with Crippen molar-refractivity contribution < 1.29 is 9.59 Å². The van der Waals surface area contributed by atoms with E-state index in [0.29, 0.717) is 18.7 Å². The van der Waals surface area contributed by atoms with Crippen molar-refractivity contribution in [3.8, 4) is 0 Å². The molecule has 2 fully saturated rings. The first-order chi connectivity index (χ1) is 15.0. The van der Waals surface area contributed by atoms with Crippen LogP contribution in [-0.4, -0.2) is 69.3 Å². The van der Waals surface area contributed by atoms with Crippen molar-refractivity contribution in [3.63, 3.8) is 0 Å². The van der Waals surface area contributed by atoms with Gasteiger partial charge in [0.15, 0.2) is 0 Å². The summed E-state index contributed by atoms with van der Waals surface area (Å²) in [7, 11) is 0. The average molecular weight is 419 g/mol. The second-order valence-corrected chi connectivity index (χ2v) is 9.43. The van der Waals surface area contributed by atoms with E-state index >= 15 is 0 Å². The van der Waals surface area contributed by atoms with Crippen LogP contribution in [-0.2, 0) is 11.3 Å². The van der Waals surface area contributed by atoms with Crippen LogP contribution in [0.15, 0.2) is 48.8 Å². The number of aromatic nitrogens is 1. The minimum absolute atomic E-state index is 0.0257. The van der Waals surface area contributed by atoms with Gasteiger partial charge in [0.1, 0.15) is 0 Å². The Hall–Kier alpha value is -2.73. The Morgan fingerprint density at radius 3 is 2.45 bits per heavy atom. The minimum Gasteiger partial charge on any atom is -0.342 e. The van der Waals surface area contributed by atoms with Gasteiger partial charge in [-0.25, -0.2) is 0 Å². The number of fused-ring (bicyclic) bond motifs is 1. The lowest BCUT2D eigenvalue weighted by molar-refractivity contribution is -0.143. The molecule has 31 heavy (non-hydrogen) atoms. The first kappa shape index (κ1) is 20.2. The van der Waals surface area contributed by atoms with Crippen LogP contribution in [0.4, 0.5) is 0 Å². The number of likely N-dealkylation sites (tertiary alicyclic amines) is 2. The first-order valence-corrected chi connectivity index (χ1v) is 11.3. The predicted octanol–water partition coefficient (Wildman–Crippen LogP) is 2.91. The van der Waals surface area contributed by atoms with Gasteiger partial charge >= 0.3 is 0 Å². The SMILES string of the molecule is CC(C)N1C(=O)c2ccccc2C(C(=O)N2CCCC2)C12CN(Cc1ccncc1)C2. The molecule has 2 saturated heterocycles. The molecule has 3 aliphatic heterocycles. The van der Waals surface area contributed by atoms with Crippen molar-refractivity contribution >= 4 is 11.8 Å². The summed E-state index contributed by atoms with van der Waals surface area (Å²) in [4.78, 5) is 37.9. The number of nitrogens with zero attached hydrogens (tertiary/aromatic N) is 4. The maximum Gasteiger partial charge on any atom is 0.254 e. The van der Waals surface area contributed by atoms with Gasteiger partial charge < -0.3 is 9.80 Å². The maximum atomic E-state index is 13.9. The fraction of sp³-hybridized carbons (Fsp3) is 0.480. The van der Waals surface area contributed by atoms with Crippen LogP contribution < -0.4 is 0 Å². The van der Waals surface area contributed by atoms with Gasteiger partial charge in [-0.3, -0.25) is 19.5 Å². The molecule has 1 spiro atoms. The predicted molar refractivity (Wildman–Crippen MR) is 119 cm³/mol. The molecule has 2 aromatic rings. The van der Waals surface area contributed by atoms with Crippen LogP contribution in [0.25, 0.3) is 0 Å². The highest BCUT2D eigenvalue weighted by molar-refractivity contribution is 6.02. The number of carbonyl (C=O) groups is 2. The molecular weight excluding hydrogens is 388 g/mol. The fourth-order valence-corrected chi connectivity index (χ4v) is 5.86. The lowest BCUT2D eigenvalue weighted by atomic mass is 9.67. The van der Waals surface area contributed by atoms with Crippen LogP contribution in [0.1, 0.15) is 54.1 Å². The second kappa shape index (κ2) is 7.75. The van der Waals surface area contributed by atoms with Crippen molar-refractivity contribution in [2.45, 2.75) is 50.7 Å². The highest BCUT2D eigenvalue weighted by Gasteiger charge is 2.61. The normalized spacial score (nSPS) is 22.7. The van der Waals surface area contributed by atoms with Gasteiger partial charge in [0.25, 0.3) is 5.91 Å². The Kier molecular flexibility index (Phi) is 5.05. The zero-order valence-electron chi connectivity index (χ0n) is 18.3. The lowest BCUT2D eigenvalue weighted by Crippen LogP contribution is -2.77. The Morgan fingerprint density at radius 2 is 1.77 bits per heavy atom. The highest BCUT2D eigenvalue weighted by atomic mass is 16.2. The summed E-state index contributed by atoms with van der Waals surface area (Å²) in [6, 6.07) is 11.8. The minimum atomic E-state index is -0.494. The van der Waals surface area contributed by atoms with Crippen LogP contribution >= 0.6 is 0 Å². The van der Waals surface area contributed by atoms with E-state index in [1.165, 1.54) is 5.56 Å². The molecule has 1 atom stereocenters. The summed E-state index contributed by atoms with van der Waals surface area (Å²) in [6.45, 7) is 7.99. The fourth-order valence-electron chi connectivity index (χ4n) is 5.86. The molecule has 4 heterocycles. The number of amides is 2. The Bertz CT molecular complexity index is 978. The smallest absolute Gasteiger partial charge is 0.254 e. The summed E-state index contributed by atoms with van der Waals surface area (Å²) >= 11 is 0. The van der Waals surface area contributed by atoms with Gasteiger partial charge in [-0.2, -0.15) is 0 Å². The van der Waals surface area contributed by atoms with Crippen molar-refractivity contribution in [2.24, 2.45) is 0 Å². The van der Waals surface area contributed by atoms with Gasteiger partial charge in [0, 0.05) is 56.7 Å². The molecule has 0 saturated carbocycles. The van der Waals surface area contributed by atoms with Crippen LogP contribution in [0.3, 0.4) is 0 Å². The molecule has 6 heteroatoms. The standard InChI is InChI=1S/C25H30N4O2/c1-18(2)29-23(30)21-8-4-3-7-20(21)22(24(31)28-13-5-6-14-28)25(29)16-27(17-25)15-19-9-11-26-12-10-19/h3-4,7-12,18,22H,5-6,13-17H2,1-2H3. The average Bonchev–Trinajstić information content (AvgIpc) is 3.28. The van der Waals surface area contributed by atoms with Gasteiger partial charge in [-0.05, 0) is 56.0 Å². The van der Waals surface area contributed by atoms with E-state index in [1.54, 1.807) is 0 Å². The summed E-state index contributed by atoms with van der Waals surface area (Å²) in [5.41, 5.74) is 2.30. The number of pyridine rings is 1. The molecule has 2 amide bonds. The quantitative estimate of drug-likeness (QED) is 0.766. The van der Waals surface area contributed by atoms with Crippen molar-refractivity contribution in [3.05, 3.63) is 65.5 Å². The van der Waals surface area contributed by atoms with Gasteiger partial charge in [0.2, 0.25) is 5.91 Å². The molecular formula is C25H30N4O2. The third kappa shape index (κ3) is 3.24. The number of benzene rings is 1. The largest absolute Gasteiger partial charge is 0.342 e. The van der Waals surface area contributed by atoms with E-state index in [2.05, 4.69) is 23.7 Å². The van der Waals surface area contributed by atoms with E-state index in [1.807, 2.05) is 58.6 Å². The van der Waals surface area contributed by atoms with Crippen molar-refractivity contribution in [1.29, 1.82) is 0 Å². The lowest BCUT2D eigenvalue weighted by Gasteiger charge is -2.62.